The number of para-hydroxylation sites is 5. The lowest BCUT2D eigenvalue weighted by Gasteiger charge is -2.13. The second kappa shape index (κ2) is 17.3. The number of thiophene rings is 2. The van der Waals surface area contributed by atoms with E-state index in [-0.39, 0.29) is 0 Å². The first-order chi connectivity index (χ1) is 42.6. The van der Waals surface area contributed by atoms with Crippen LogP contribution in [0, 0.1) is 0 Å². The Morgan fingerprint density at radius 2 is 0.767 bits per heavy atom. The number of nitrogens with zero attached hydrogens (tertiary/aromatic N) is 4. The minimum Gasteiger partial charge on any atom is -0.455 e. The number of rotatable bonds is 5. The van der Waals surface area contributed by atoms with E-state index in [4.69, 9.17) is 18.8 Å². The van der Waals surface area contributed by atoms with Gasteiger partial charge in [-0.3, -0.25) is 0 Å². The van der Waals surface area contributed by atoms with Gasteiger partial charge in [0.2, 0.25) is 0 Å². The third-order valence-corrected chi connectivity index (χ3v) is 20.3. The van der Waals surface area contributed by atoms with Gasteiger partial charge < -0.3 is 18.0 Å². The summed E-state index contributed by atoms with van der Waals surface area (Å²) in [6.07, 6.45) is 0. The van der Waals surface area contributed by atoms with Gasteiger partial charge in [-0.2, -0.15) is 0 Å². The molecule has 0 spiro atoms. The minimum absolute atomic E-state index is 0.893. The largest absolute Gasteiger partial charge is 0.455 e. The molecule has 0 aliphatic heterocycles. The van der Waals surface area contributed by atoms with E-state index in [2.05, 4.69) is 252 Å². The van der Waals surface area contributed by atoms with E-state index in [1.54, 1.807) is 22.7 Å². The summed E-state index contributed by atoms with van der Waals surface area (Å²) < 4.78 is 20.5. The highest BCUT2D eigenvalue weighted by Gasteiger charge is 2.24. The van der Waals surface area contributed by atoms with Gasteiger partial charge in [-0.05, 0) is 113 Å². The number of pyridine rings is 2. The van der Waals surface area contributed by atoms with E-state index >= 15 is 0 Å². The molecule has 398 valence electrons. The Kier molecular flexibility index (Phi) is 9.39. The van der Waals surface area contributed by atoms with Crippen LogP contribution >= 0.6 is 22.7 Å². The van der Waals surface area contributed by atoms with Crippen molar-refractivity contribution in [2.45, 2.75) is 0 Å². The average Bonchev–Trinajstić information content (AvgIpc) is 1.93. The van der Waals surface area contributed by atoms with Crippen LogP contribution in [0.15, 0.2) is 264 Å². The lowest BCUT2D eigenvalue weighted by molar-refractivity contribution is 0.671. The molecule has 8 heteroatoms. The quantitative estimate of drug-likeness (QED) is 0.172. The summed E-state index contributed by atoms with van der Waals surface area (Å²) in [4.78, 5) is 12.9. The maximum Gasteiger partial charge on any atom is 0.160 e. The molecule has 0 amide bonds. The van der Waals surface area contributed by atoms with Gasteiger partial charge in [0.15, 0.2) is 5.58 Å². The number of fused-ring (bicyclic) bond motifs is 22. The molecule has 0 saturated heterocycles. The second-order valence-electron chi connectivity index (χ2n) is 22.7. The molecule has 0 atom stereocenters. The molecular weight excluding hydrogens is 1090 g/mol. The highest BCUT2D eigenvalue weighted by atomic mass is 32.1. The van der Waals surface area contributed by atoms with Gasteiger partial charge in [-0.15, -0.1) is 22.7 Å². The molecule has 8 heterocycles. The third kappa shape index (κ3) is 6.43. The fraction of sp³-hybridized carbons (Fsp3) is 0. The number of benzene rings is 12. The van der Waals surface area contributed by atoms with Crippen molar-refractivity contribution >= 4 is 173 Å². The second-order valence-corrected chi connectivity index (χ2v) is 24.7. The van der Waals surface area contributed by atoms with Crippen LogP contribution in [-0.2, 0) is 0 Å². The first-order valence-electron chi connectivity index (χ1n) is 29.0. The fourth-order valence-electron chi connectivity index (χ4n) is 14.4. The lowest BCUT2D eigenvalue weighted by Crippen LogP contribution is -1.94. The number of hydrogen-bond donors (Lipinski definition) is 0. The fourth-order valence-corrected chi connectivity index (χ4v) is 16.6. The Hall–Kier alpha value is -10.9. The molecule has 0 aliphatic carbocycles. The van der Waals surface area contributed by atoms with E-state index in [0.717, 1.165) is 136 Å². The molecule has 0 saturated carbocycles. The van der Waals surface area contributed by atoms with E-state index in [1.807, 2.05) is 12.1 Å². The molecule has 0 aliphatic rings. The molecule has 0 unspecified atom stereocenters. The van der Waals surface area contributed by atoms with Crippen molar-refractivity contribution in [3.8, 4) is 44.8 Å². The van der Waals surface area contributed by atoms with Crippen molar-refractivity contribution in [3.63, 3.8) is 0 Å². The molecule has 8 aromatic heterocycles. The summed E-state index contributed by atoms with van der Waals surface area (Å²) in [5.74, 6) is 0. The van der Waals surface area contributed by atoms with E-state index < -0.39 is 0 Å². The molecule has 86 heavy (non-hydrogen) atoms. The maximum absolute atomic E-state index is 6.71. The lowest BCUT2D eigenvalue weighted by atomic mass is 9.93. The Balaban J connectivity index is 0.710. The van der Waals surface area contributed by atoms with Crippen LogP contribution in [0.5, 0.6) is 0 Å². The van der Waals surface area contributed by atoms with Crippen molar-refractivity contribution in [1.29, 1.82) is 0 Å². The van der Waals surface area contributed by atoms with E-state index in [1.165, 1.54) is 58.2 Å². The molecule has 6 nitrogen and oxygen atoms in total. The maximum atomic E-state index is 6.71. The van der Waals surface area contributed by atoms with Gasteiger partial charge in [0.25, 0.3) is 0 Å². The molecular formula is C78H42N4O2S2. The summed E-state index contributed by atoms with van der Waals surface area (Å²) >= 11 is 3.53. The van der Waals surface area contributed by atoms with Crippen molar-refractivity contribution < 1.29 is 8.83 Å². The van der Waals surface area contributed by atoms with Gasteiger partial charge in [-0.25, -0.2) is 9.97 Å². The predicted octanol–water partition coefficient (Wildman–Crippen LogP) is 22.5. The summed E-state index contributed by atoms with van der Waals surface area (Å²) in [6, 6.07) is 92.4. The molecule has 0 fully saturated rings. The van der Waals surface area contributed by atoms with E-state index in [0.29, 0.717) is 0 Å². The summed E-state index contributed by atoms with van der Waals surface area (Å²) in [6.45, 7) is 0. The highest BCUT2D eigenvalue weighted by Crippen LogP contribution is 2.48. The Morgan fingerprint density at radius 1 is 0.291 bits per heavy atom. The Labute approximate surface area is 496 Å². The number of hydrogen-bond acceptors (Lipinski definition) is 6. The molecule has 12 aromatic carbocycles. The first kappa shape index (κ1) is 46.6. The zero-order chi connectivity index (χ0) is 55.9. The van der Waals surface area contributed by atoms with Crippen LogP contribution in [0.1, 0.15) is 0 Å². The van der Waals surface area contributed by atoms with Crippen LogP contribution in [0.2, 0.25) is 0 Å². The Bertz CT molecular complexity index is 6330. The zero-order valence-electron chi connectivity index (χ0n) is 45.7. The smallest absolute Gasteiger partial charge is 0.160 e. The summed E-state index contributed by atoms with van der Waals surface area (Å²) in [5, 5.41) is 16.2. The van der Waals surface area contributed by atoms with Crippen LogP contribution in [0.4, 0.5) is 0 Å². The summed E-state index contributed by atoms with van der Waals surface area (Å²) in [7, 11) is 0. The standard InChI is InChI=1S/C78H42N4O2S2/c1-7-19-60-55(16-1)69(43-25-31-47(32-26-43)81-63-21-9-3-17-57(63)71-64(81)40-39-53-50-14-4-10-22-65(50)83-75(53)71)73-59-36-30-46(42-68(59)86-77(73)79-60)45-29-35-56-61(41-45)80-78-72(58-18-6-12-24-67(58)85-78)70(56)44-27-33-48(34-28-44)82-62-20-8-2-13-49(62)52-37-38-54-51-15-5-11-23-66(51)84-76(54)74(52)82/h1-42H. The molecule has 0 radical (unpaired) electrons. The van der Waals surface area contributed by atoms with Gasteiger partial charge in [0.1, 0.15) is 26.4 Å². The highest BCUT2D eigenvalue weighted by molar-refractivity contribution is 7.26. The zero-order valence-corrected chi connectivity index (χ0v) is 47.3. The predicted molar refractivity (Wildman–Crippen MR) is 362 cm³/mol. The minimum atomic E-state index is 0.893. The van der Waals surface area contributed by atoms with Crippen LogP contribution in [-0.4, -0.2) is 19.1 Å². The number of aromatic nitrogens is 4. The van der Waals surface area contributed by atoms with Gasteiger partial charge >= 0.3 is 0 Å². The van der Waals surface area contributed by atoms with Crippen LogP contribution in [0.3, 0.4) is 0 Å². The van der Waals surface area contributed by atoms with Crippen LogP contribution in [0.25, 0.3) is 195 Å². The number of furan rings is 2. The van der Waals surface area contributed by atoms with Gasteiger partial charge in [0.05, 0.1) is 38.5 Å². The SMILES string of the molecule is c1ccc2c(-c3ccc(-n4c5ccccc5c5c6oc7ccccc7c6ccc54)cc3)c3c(nc2c1)sc1cc(-c2ccc4c(-c5ccc(-n6c7ccccc7c7ccc8c9ccccc9oc8c76)cc5)c5c(nc4c2)sc2ccccc25)ccc13. The van der Waals surface area contributed by atoms with Crippen molar-refractivity contribution in [3.05, 3.63) is 255 Å². The topological polar surface area (TPSA) is 61.9 Å². The molecule has 0 N–H and O–H groups in total. The average molecular weight is 1130 g/mol. The van der Waals surface area contributed by atoms with Crippen LogP contribution < -0.4 is 0 Å². The molecule has 20 rings (SSSR count). The van der Waals surface area contributed by atoms with Gasteiger partial charge in [0, 0.05) is 102 Å². The van der Waals surface area contributed by atoms with Crippen molar-refractivity contribution in [2.24, 2.45) is 0 Å². The normalized spacial score (nSPS) is 12.4. The third-order valence-electron chi connectivity index (χ3n) is 18.2. The van der Waals surface area contributed by atoms with Crippen molar-refractivity contribution in [1.82, 2.24) is 19.1 Å². The van der Waals surface area contributed by atoms with E-state index in [9.17, 15) is 0 Å². The molecule has 20 aromatic rings. The van der Waals surface area contributed by atoms with Crippen molar-refractivity contribution in [2.75, 3.05) is 0 Å². The monoisotopic (exact) mass is 1130 g/mol. The summed E-state index contributed by atoms with van der Waals surface area (Å²) in [5.41, 5.74) is 19.2. The molecule has 0 bridgehead atoms. The van der Waals surface area contributed by atoms with Gasteiger partial charge in [-0.1, -0.05) is 164 Å². The first-order valence-corrected chi connectivity index (χ1v) is 30.7. The Morgan fingerprint density at radius 3 is 1.50 bits per heavy atom.